The molecule has 158 valence electrons. The molecule has 0 unspecified atom stereocenters. The summed E-state index contributed by atoms with van der Waals surface area (Å²) < 4.78 is 0. The number of amides is 2. The quantitative estimate of drug-likeness (QED) is 0.391. The fourth-order valence-corrected chi connectivity index (χ4v) is 3.29. The van der Waals surface area contributed by atoms with E-state index in [1.54, 1.807) is 24.3 Å². The van der Waals surface area contributed by atoms with Gasteiger partial charge in [0.1, 0.15) is 23.6 Å². The molecule has 0 aromatic heterocycles. The third-order valence-corrected chi connectivity index (χ3v) is 5.06. The number of nitrogens with one attached hydrogen (secondary N) is 2. The van der Waals surface area contributed by atoms with Crippen molar-refractivity contribution in [3.63, 3.8) is 0 Å². The molecule has 9 heteroatoms. The van der Waals surface area contributed by atoms with Gasteiger partial charge in [-0.2, -0.15) is 0 Å². The molecular formula is C21H23N3O6. The molecule has 2 aromatic carbocycles. The van der Waals surface area contributed by atoms with Gasteiger partial charge in [0.2, 0.25) is 11.8 Å². The number of hydrogen-bond donors (Lipinski definition) is 6. The predicted molar refractivity (Wildman–Crippen MR) is 108 cm³/mol. The molecule has 3 rings (SSSR count). The van der Waals surface area contributed by atoms with Crippen LogP contribution in [0.3, 0.4) is 0 Å². The highest BCUT2D eigenvalue weighted by molar-refractivity contribution is 5.91. The maximum absolute atomic E-state index is 12.4. The van der Waals surface area contributed by atoms with Gasteiger partial charge >= 0.3 is 5.97 Å². The minimum absolute atomic E-state index is 0.0259. The lowest BCUT2D eigenvalue weighted by Gasteiger charge is -2.20. The van der Waals surface area contributed by atoms with Crippen molar-refractivity contribution in [1.82, 2.24) is 10.6 Å². The van der Waals surface area contributed by atoms with Gasteiger partial charge in [0, 0.05) is 12.8 Å². The van der Waals surface area contributed by atoms with Gasteiger partial charge in [-0.1, -0.05) is 12.1 Å². The molecule has 3 atom stereocenters. The van der Waals surface area contributed by atoms with E-state index >= 15 is 0 Å². The SMILES string of the molecule is C[C@@H]1NC(=O)[C@@H](N)Cc2cc(ccc2O)-c2ccc(O)c(c2)C[C@@H](C(=O)O)NC1=O. The van der Waals surface area contributed by atoms with E-state index in [2.05, 4.69) is 10.6 Å². The van der Waals surface area contributed by atoms with Crippen molar-refractivity contribution in [3.05, 3.63) is 47.5 Å². The largest absolute Gasteiger partial charge is 0.508 e. The van der Waals surface area contributed by atoms with Gasteiger partial charge in [0.15, 0.2) is 0 Å². The second kappa shape index (κ2) is 8.42. The summed E-state index contributed by atoms with van der Waals surface area (Å²) in [5.74, 6) is -2.72. The van der Waals surface area contributed by atoms with E-state index in [-0.39, 0.29) is 24.3 Å². The molecule has 4 bridgehead atoms. The highest BCUT2D eigenvalue weighted by Gasteiger charge is 2.27. The number of phenolic OH excluding ortho intramolecular Hbond substituents is 2. The van der Waals surface area contributed by atoms with Crippen LogP contribution >= 0.6 is 0 Å². The molecule has 1 aliphatic rings. The Morgan fingerprint density at radius 2 is 1.47 bits per heavy atom. The molecule has 0 radical (unpaired) electrons. The average molecular weight is 413 g/mol. The van der Waals surface area contributed by atoms with Gasteiger partial charge in [-0.3, -0.25) is 9.59 Å². The van der Waals surface area contributed by atoms with Crippen LogP contribution in [-0.2, 0) is 27.2 Å². The Labute approximate surface area is 172 Å². The molecular weight excluding hydrogens is 390 g/mol. The van der Waals surface area contributed by atoms with Crippen LogP contribution in [0.15, 0.2) is 36.4 Å². The Kier molecular flexibility index (Phi) is 5.93. The van der Waals surface area contributed by atoms with E-state index in [4.69, 9.17) is 5.73 Å². The molecule has 1 aliphatic heterocycles. The molecule has 9 nitrogen and oxygen atoms in total. The number of carbonyl (C=O) groups is 3. The molecule has 0 spiro atoms. The number of fused-ring (bicyclic) bond motifs is 5. The number of aromatic hydroxyl groups is 2. The first-order valence-corrected chi connectivity index (χ1v) is 9.39. The number of hydrogen-bond acceptors (Lipinski definition) is 6. The summed E-state index contributed by atoms with van der Waals surface area (Å²) in [6.07, 6.45) is -0.131. The maximum atomic E-state index is 12.4. The second-order valence-corrected chi connectivity index (χ2v) is 7.33. The molecule has 0 saturated heterocycles. The summed E-state index contributed by atoms with van der Waals surface area (Å²) in [6, 6.07) is 6.16. The molecule has 2 amide bonds. The fraction of sp³-hybridized carbons (Fsp3) is 0.286. The van der Waals surface area contributed by atoms with E-state index in [1.165, 1.54) is 19.1 Å². The molecule has 1 heterocycles. The number of carboxylic acids is 1. The zero-order chi connectivity index (χ0) is 22.0. The number of carbonyl (C=O) groups excluding carboxylic acids is 2. The van der Waals surface area contributed by atoms with Crippen molar-refractivity contribution >= 4 is 17.8 Å². The number of aliphatic carboxylic acids is 1. The third-order valence-electron chi connectivity index (χ3n) is 5.06. The second-order valence-electron chi connectivity index (χ2n) is 7.33. The number of nitrogens with two attached hydrogens (primary N) is 1. The first-order valence-electron chi connectivity index (χ1n) is 9.39. The van der Waals surface area contributed by atoms with Crippen LogP contribution in [0, 0.1) is 0 Å². The van der Waals surface area contributed by atoms with Crippen molar-refractivity contribution in [3.8, 4) is 22.6 Å². The molecule has 0 aliphatic carbocycles. The lowest BCUT2D eigenvalue weighted by atomic mass is 9.95. The van der Waals surface area contributed by atoms with Crippen LogP contribution < -0.4 is 16.4 Å². The first kappa shape index (κ1) is 21.1. The molecule has 7 N–H and O–H groups in total. The lowest BCUT2D eigenvalue weighted by molar-refractivity contribution is -0.142. The minimum Gasteiger partial charge on any atom is -0.508 e. The smallest absolute Gasteiger partial charge is 0.326 e. The van der Waals surface area contributed by atoms with Crippen molar-refractivity contribution in [2.24, 2.45) is 5.73 Å². The Bertz CT molecular complexity index is 1010. The normalized spacial score (nSPS) is 22.3. The topological polar surface area (TPSA) is 162 Å². The Hall–Kier alpha value is -3.59. The maximum Gasteiger partial charge on any atom is 0.326 e. The minimum atomic E-state index is -1.31. The zero-order valence-corrected chi connectivity index (χ0v) is 16.3. The molecule has 2 aromatic rings. The van der Waals surface area contributed by atoms with Gasteiger partial charge < -0.3 is 31.7 Å². The highest BCUT2D eigenvalue weighted by atomic mass is 16.4. The lowest BCUT2D eigenvalue weighted by Crippen LogP contribution is -2.54. The van der Waals surface area contributed by atoms with Crippen LogP contribution in [0.2, 0.25) is 0 Å². The van der Waals surface area contributed by atoms with Gasteiger partial charge in [-0.05, 0) is 53.4 Å². The number of carboxylic acid groups (broad SMARTS) is 1. The van der Waals surface area contributed by atoms with Crippen molar-refractivity contribution < 1.29 is 29.7 Å². The highest BCUT2D eigenvalue weighted by Crippen LogP contribution is 2.30. The zero-order valence-electron chi connectivity index (χ0n) is 16.3. The van der Waals surface area contributed by atoms with Crippen LogP contribution in [0.1, 0.15) is 18.1 Å². The summed E-state index contributed by atoms with van der Waals surface area (Å²) in [5, 5.41) is 34.7. The molecule has 0 fully saturated rings. The van der Waals surface area contributed by atoms with Crippen LogP contribution in [0.5, 0.6) is 11.5 Å². The van der Waals surface area contributed by atoms with Crippen molar-refractivity contribution in [2.45, 2.75) is 37.9 Å². The Balaban J connectivity index is 2.10. The summed E-state index contributed by atoms with van der Waals surface area (Å²) in [4.78, 5) is 36.5. The van der Waals surface area contributed by atoms with E-state index < -0.39 is 35.9 Å². The van der Waals surface area contributed by atoms with E-state index in [0.29, 0.717) is 22.3 Å². The Morgan fingerprint density at radius 1 is 0.933 bits per heavy atom. The van der Waals surface area contributed by atoms with Crippen molar-refractivity contribution in [1.29, 1.82) is 0 Å². The predicted octanol–water partition coefficient (Wildman–Crippen LogP) is 0.265. The van der Waals surface area contributed by atoms with Crippen LogP contribution in [0.25, 0.3) is 11.1 Å². The summed E-state index contributed by atoms with van der Waals surface area (Å²) >= 11 is 0. The number of rotatable bonds is 1. The van der Waals surface area contributed by atoms with E-state index in [0.717, 1.165) is 0 Å². The van der Waals surface area contributed by atoms with Gasteiger partial charge in [0.05, 0.1) is 6.04 Å². The fourth-order valence-electron chi connectivity index (χ4n) is 3.29. The summed E-state index contributed by atoms with van der Waals surface area (Å²) in [7, 11) is 0. The van der Waals surface area contributed by atoms with Gasteiger partial charge in [-0.25, -0.2) is 4.79 Å². The standard InChI is InChI=1S/C21H23N3O6/c1-10-19(27)24-16(21(29)30)9-14-7-12(3-5-18(14)26)11-2-4-17(25)13(6-11)8-15(22)20(28)23-10/h2-7,10,15-16,25-26H,8-9,22H2,1H3,(H,23,28)(H,24,27)(H,29,30)/t10-,15-,16-/m0/s1. The van der Waals surface area contributed by atoms with Gasteiger partial charge in [0.25, 0.3) is 0 Å². The third kappa shape index (κ3) is 4.52. The van der Waals surface area contributed by atoms with Crippen molar-refractivity contribution in [2.75, 3.05) is 0 Å². The summed E-state index contributed by atoms with van der Waals surface area (Å²) in [5.41, 5.74) is 8.09. The number of phenols is 2. The molecule has 0 saturated carbocycles. The van der Waals surface area contributed by atoms with E-state index in [9.17, 15) is 29.7 Å². The van der Waals surface area contributed by atoms with Crippen LogP contribution in [0.4, 0.5) is 0 Å². The molecule has 30 heavy (non-hydrogen) atoms. The Morgan fingerprint density at radius 3 is 2.00 bits per heavy atom. The van der Waals surface area contributed by atoms with Gasteiger partial charge in [-0.15, -0.1) is 0 Å². The first-order chi connectivity index (χ1) is 14.2. The van der Waals surface area contributed by atoms with Crippen LogP contribution in [-0.4, -0.2) is 51.2 Å². The number of benzene rings is 2. The monoisotopic (exact) mass is 413 g/mol. The average Bonchev–Trinajstić information content (AvgIpc) is 2.69. The summed E-state index contributed by atoms with van der Waals surface area (Å²) in [6.45, 7) is 1.41. The van der Waals surface area contributed by atoms with E-state index in [1.807, 2.05) is 0 Å².